The smallest absolute Gasteiger partial charge is 0.378 e. The number of hydrogen-bond acceptors (Lipinski definition) is 5. The van der Waals surface area contributed by atoms with Gasteiger partial charge in [-0.1, -0.05) is 13.8 Å². The van der Waals surface area contributed by atoms with Gasteiger partial charge in [-0.3, -0.25) is 19.7 Å². The number of amides is 2. The summed E-state index contributed by atoms with van der Waals surface area (Å²) in [6.07, 6.45) is -4.69. The second kappa shape index (κ2) is 9.19. The summed E-state index contributed by atoms with van der Waals surface area (Å²) in [5.74, 6) is -0.941. The molecule has 0 saturated carbocycles. The van der Waals surface area contributed by atoms with Crippen molar-refractivity contribution < 1.29 is 27.7 Å². The molecule has 0 heterocycles. The van der Waals surface area contributed by atoms with Gasteiger partial charge in [0, 0.05) is 26.1 Å². The summed E-state index contributed by atoms with van der Waals surface area (Å²) in [5.41, 5.74) is -1.93. The summed E-state index contributed by atoms with van der Waals surface area (Å²) in [6, 6.07) is 1.42. The number of benzene rings is 1. The molecule has 0 aliphatic rings. The topological polar surface area (TPSA) is 113 Å². The molecule has 0 fully saturated rings. The van der Waals surface area contributed by atoms with E-state index in [1.807, 2.05) is 0 Å². The molecule has 0 aliphatic carbocycles. The number of rotatable bonds is 8. The van der Waals surface area contributed by atoms with Crippen LogP contribution < -0.4 is 16.0 Å². The Morgan fingerprint density at radius 3 is 2.33 bits per heavy atom. The first-order chi connectivity index (χ1) is 12.4. The van der Waals surface area contributed by atoms with Gasteiger partial charge in [0.1, 0.15) is 11.7 Å². The van der Waals surface area contributed by atoms with Crippen molar-refractivity contribution in [3.8, 4) is 0 Å². The van der Waals surface area contributed by atoms with Gasteiger partial charge in [-0.25, -0.2) is 0 Å². The monoisotopic (exact) mass is 390 g/mol. The molecule has 0 bridgehead atoms. The maximum Gasteiger partial charge on any atom is 0.416 e. The fourth-order valence-electron chi connectivity index (χ4n) is 2.26. The average Bonchev–Trinajstić information content (AvgIpc) is 2.54. The van der Waals surface area contributed by atoms with Crippen molar-refractivity contribution in [2.24, 2.45) is 5.92 Å². The van der Waals surface area contributed by atoms with Gasteiger partial charge in [-0.05, 0) is 18.1 Å². The molecule has 150 valence electrons. The normalized spacial score (nSPS) is 12.4. The molecule has 1 atom stereocenters. The third kappa shape index (κ3) is 6.76. The van der Waals surface area contributed by atoms with Gasteiger partial charge in [-0.2, -0.15) is 13.2 Å². The molecule has 0 unspecified atom stereocenters. The van der Waals surface area contributed by atoms with Crippen LogP contribution in [0.2, 0.25) is 0 Å². The van der Waals surface area contributed by atoms with Crippen LogP contribution in [0, 0.1) is 16.0 Å². The number of nitro groups is 1. The van der Waals surface area contributed by atoms with Crippen molar-refractivity contribution in [1.29, 1.82) is 0 Å². The van der Waals surface area contributed by atoms with E-state index in [4.69, 9.17) is 0 Å². The van der Waals surface area contributed by atoms with Crippen LogP contribution in [0.25, 0.3) is 0 Å². The van der Waals surface area contributed by atoms with Crippen LogP contribution in [-0.2, 0) is 15.8 Å². The Morgan fingerprint density at radius 1 is 1.22 bits per heavy atom. The quantitative estimate of drug-likeness (QED) is 0.358. The summed E-state index contributed by atoms with van der Waals surface area (Å²) in [4.78, 5) is 33.3. The van der Waals surface area contributed by atoms with Crippen LogP contribution in [0.5, 0.6) is 0 Å². The second-order valence-corrected chi connectivity index (χ2v) is 6.13. The molecule has 0 saturated heterocycles. The highest BCUT2D eigenvalue weighted by atomic mass is 19.4. The Bertz CT molecular complexity index is 707. The first-order valence-electron chi connectivity index (χ1n) is 8.07. The van der Waals surface area contributed by atoms with Gasteiger partial charge < -0.3 is 16.0 Å². The SMILES string of the molecule is CC(=O)N[C@H](C(=O)NCCNc1ccc(C(F)(F)F)cc1[N+](=O)[O-])C(C)C. The lowest BCUT2D eigenvalue weighted by atomic mass is 10.0. The van der Waals surface area contributed by atoms with Crippen LogP contribution in [0.3, 0.4) is 0 Å². The van der Waals surface area contributed by atoms with Gasteiger partial charge >= 0.3 is 6.18 Å². The molecular formula is C16H21F3N4O4. The number of nitrogens with one attached hydrogen (secondary N) is 3. The summed E-state index contributed by atoms with van der Waals surface area (Å²) in [5, 5.41) is 18.7. The van der Waals surface area contributed by atoms with Crippen molar-refractivity contribution in [2.75, 3.05) is 18.4 Å². The van der Waals surface area contributed by atoms with Crippen LogP contribution in [0.4, 0.5) is 24.5 Å². The van der Waals surface area contributed by atoms with Crippen molar-refractivity contribution in [1.82, 2.24) is 10.6 Å². The first-order valence-corrected chi connectivity index (χ1v) is 8.07. The molecule has 27 heavy (non-hydrogen) atoms. The van der Waals surface area contributed by atoms with Gasteiger partial charge in [-0.15, -0.1) is 0 Å². The largest absolute Gasteiger partial charge is 0.416 e. The number of carbonyl (C=O) groups excluding carboxylic acids is 2. The van der Waals surface area contributed by atoms with E-state index in [0.717, 1.165) is 12.1 Å². The van der Waals surface area contributed by atoms with E-state index in [9.17, 15) is 32.9 Å². The molecule has 11 heteroatoms. The minimum atomic E-state index is -4.69. The highest BCUT2D eigenvalue weighted by molar-refractivity contribution is 5.87. The van der Waals surface area contributed by atoms with Crippen molar-refractivity contribution >= 4 is 23.2 Å². The lowest BCUT2D eigenvalue weighted by Gasteiger charge is -2.21. The maximum absolute atomic E-state index is 12.7. The first kappa shape index (κ1) is 22.2. The molecule has 1 aromatic rings. The highest BCUT2D eigenvalue weighted by Gasteiger charge is 2.33. The Morgan fingerprint density at radius 2 is 1.85 bits per heavy atom. The minimum Gasteiger partial charge on any atom is -0.378 e. The standard InChI is InChI=1S/C16H21F3N4O4/c1-9(2)14(22-10(3)24)15(25)21-7-6-20-12-5-4-11(16(17,18)19)8-13(12)23(26)27/h4-5,8-9,14,20H,6-7H2,1-3H3,(H,21,25)(H,22,24)/t14-/m0/s1. The van der Waals surface area contributed by atoms with Crippen LogP contribution >= 0.6 is 0 Å². The molecule has 1 rings (SSSR count). The van der Waals surface area contributed by atoms with Crippen molar-refractivity contribution in [3.63, 3.8) is 0 Å². The Labute approximate surface area is 153 Å². The predicted octanol–water partition coefficient (Wildman–Crippen LogP) is 2.30. The molecule has 0 aliphatic heterocycles. The van der Waals surface area contributed by atoms with Crippen molar-refractivity contribution in [3.05, 3.63) is 33.9 Å². The van der Waals surface area contributed by atoms with Crippen LogP contribution in [0.1, 0.15) is 26.3 Å². The van der Waals surface area contributed by atoms with E-state index in [1.165, 1.54) is 6.92 Å². The van der Waals surface area contributed by atoms with E-state index in [1.54, 1.807) is 13.8 Å². The second-order valence-electron chi connectivity index (χ2n) is 6.13. The molecule has 2 amide bonds. The predicted molar refractivity (Wildman–Crippen MR) is 92.0 cm³/mol. The molecule has 0 aromatic heterocycles. The zero-order chi connectivity index (χ0) is 20.8. The molecule has 1 aromatic carbocycles. The van der Waals surface area contributed by atoms with Gasteiger partial charge in [0.15, 0.2) is 0 Å². The summed E-state index contributed by atoms with van der Waals surface area (Å²) in [7, 11) is 0. The molecule has 8 nitrogen and oxygen atoms in total. The van der Waals surface area contributed by atoms with Gasteiger partial charge in [0.2, 0.25) is 11.8 Å². The lowest BCUT2D eigenvalue weighted by Crippen LogP contribution is -2.49. The van der Waals surface area contributed by atoms with E-state index >= 15 is 0 Å². The number of hydrogen-bond donors (Lipinski definition) is 3. The highest BCUT2D eigenvalue weighted by Crippen LogP contribution is 2.34. The van der Waals surface area contributed by atoms with Gasteiger partial charge in [0.05, 0.1) is 10.5 Å². The molecule has 0 spiro atoms. The van der Waals surface area contributed by atoms with E-state index < -0.39 is 34.3 Å². The number of nitro benzene ring substituents is 1. The number of halogens is 3. The van der Waals surface area contributed by atoms with E-state index in [-0.39, 0.29) is 30.6 Å². The fourth-order valence-corrected chi connectivity index (χ4v) is 2.26. The summed E-state index contributed by atoms with van der Waals surface area (Å²) < 4.78 is 38.0. The van der Waals surface area contributed by atoms with Crippen molar-refractivity contribution in [2.45, 2.75) is 33.0 Å². The number of alkyl halides is 3. The van der Waals surface area contributed by atoms with E-state index in [0.29, 0.717) is 6.07 Å². The van der Waals surface area contributed by atoms with E-state index in [2.05, 4.69) is 16.0 Å². The average molecular weight is 390 g/mol. The zero-order valence-corrected chi connectivity index (χ0v) is 15.0. The number of carbonyl (C=O) groups is 2. The maximum atomic E-state index is 12.7. The third-order valence-corrected chi connectivity index (χ3v) is 3.57. The summed E-state index contributed by atoms with van der Waals surface area (Å²) >= 11 is 0. The third-order valence-electron chi connectivity index (χ3n) is 3.57. The molecule has 0 radical (unpaired) electrons. The minimum absolute atomic E-state index is 0.0445. The Balaban J connectivity index is 2.70. The van der Waals surface area contributed by atoms with Gasteiger partial charge in [0.25, 0.3) is 5.69 Å². The molecular weight excluding hydrogens is 369 g/mol. The molecule has 3 N–H and O–H groups in total. The Kier molecular flexibility index (Phi) is 7.56. The number of nitrogens with zero attached hydrogens (tertiary/aromatic N) is 1. The lowest BCUT2D eigenvalue weighted by molar-refractivity contribution is -0.384. The fraction of sp³-hybridized carbons (Fsp3) is 0.500. The zero-order valence-electron chi connectivity index (χ0n) is 15.0. The van der Waals surface area contributed by atoms with Crippen LogP contribution in [0.15, 0.2) is 18.2 Å². The Hall–Kier alpha value is -2.85. The summed E-state index contributed by atoms with van der Waals surface area (Å²) in [6.45, 7) is 4.89. The number of anilines is 1. The van der Waals surface area contributed by atoms with Crippen LogP contribution in [-0.4, -0.2) is 35.9 Å².